The number of imidazole rings is 1. The van der Waals surface area contributed by atoms with Crippen LogP contribution in [0.3, 0.4) is 0 Å². The number of nitrogens with one attached hydrogen (secondary N) is 2. The van der Waals surface area contributed by atoms with Crippen molar-refractivity contribution in [3.63, 3.8) is 0 Å². The second kappa shape index (κ2) is 4.59. The molecule has 0 bridgehead atoms. The average molecular weight is 293 g/mol. The van der Waals surface area contributed by atoms with Crippen molar-refractivity contribution >= 4 is 22.8 Å². The maximum Gasteiger partial charge on any atom is 0.411 e. The van der Waals surface area contributed by atoms with E-state index in [1.165, 1.54) is 0 Å². The van der Waals surface area contributed by atoms with Crippen LogP contribution in [0.2, 0.25) is 0 Å². The molecule has 0 saturated carbocycles. The molecule has 0 radical (unpaired) electrons. The number of anilines is 1. The first-order valence-electron chi connectivity index (χ1n) is 7.14. The smallest absolute Gasteiger partial charge is 0.411 e. The van der Waals surface area contributed by atoms with Gasteiger partial charge < -0.3 is 9.72 Å². The highest BCUT2D eigenvalue weighted by molar-refractivity contribution is 5.89. The summed E-state index contributed by atoms with van der Waals surface area (Å²) < 4.78 is 5.03. The standard InChI is InChI=1S/C17H15N3O2/c1-9-5-12(7-15-16(9)19-10(2)18-15)11-3-4-14-13(6-11)8-22-17(21)20-14/h3-7H,8H2,1-2H3,(H,18,19)(H,20,21). The second-order valence-corrected chi connectivity index (χ2v) is 5.58. The summed E-state index contributed by atoms with van der Waals surface area (Å²) >= 11 is 0. The number of aryl methyl sites for hydroxylation is 2. The molecule has 2 N–H and O–H groups in total. The monoisotopic (exact) mass is 293 g/mol. The highest BCUT2D eigenvalue weighted by atomic mass is 16.5. The quantitative estimate of drug-likeness (QED) is 0.715. The van der Waals surface area contributed by atoms with Crippen LogP contribution in [0.15, 0.2) is 30.3 Å². The van der Waals surface area contributed by atoms with Crippen molar-refractivity contribution in [3.8, 4) is 11.1 Å². The van der Waals surface area contributed by atoms with Gasteiger partial charge in [0.05, 0.1) is 16.7 Å². The van der Waals surface area contributed by atoms with Gasteiger partial charge in [-0.2, -0.15) is 0 Å². The Kier molecular flexibility index (Phi) is 2.69. The number of H-pyrrole nitrogens is 1. The summed E-state index contributed by atoms with van der Waals surface area (Å²) in [5.41, 5.74) is 7.19. The van der Waals surface area contributed by atoms with Gasteiger partial charge in [0, 0.05) is 5.56 Å². The number of amides is 1. The van der Waals surface area contributed by atoms with Crippen molar-refractivity contribution in [1.82, 2.24) is 9.97 Å². The van der Waals surface area contributed by atoms with E-state index < -0.39 is 6.09 Å². The SMILES string of the molecule is Cc1nc2c(C)cc(-c3ccc4c(c3)COC(=O)N4)cc2[nH]1. The van der Waals surface area contributed by atoms with Crippen LogP contribution in [0.5, 0.6) is 0 Å². The molecule has 2 aromatic carbocycles. The Morgan fingerprint density at radius 3 is 2.86 bits per heavy atom. The number of fused-ring (bicyclic) bond motifs is 2. The molecule has 0 aliphatic carbocycles. The van der Waals surface area contributed by atoms with E-state index in [2.05, 4.69) is 40.4 Å². The van der Waals surface area contributed by atoms with Gasteiger partial charge in [0.25, 0.3) is 0 Å². The van der Waals surface area contributed by atoms with E-state index >= 15 is 0 Å². The third-order valence-corrected chi connectivity index (χ3v) is 3.93. The van der Waals surface area contributed by atoms with Gasteiger partial charge in [-0.15, -0.1) is 0 Å². The largest absolute Gasteiger partial charge is 0.444 e. The van der Waals surface area contributed by atoms with Crippen LogP contribution in [-0.2, 0) is 11.3 Å². The van der Waals surface area contributed by atoms with Crippen LogP contribution >= 0.6 is 0 Å². The van der Waals surface area contributed by atoms with E-state index in [1.54, 1.807) is 0 Å². The fraction of sp³-hybridized carbons (Fsp3) is 0.176. The lowest BCUT2D eigenvalue weighted by Crippen LogP contribution is -2.20. The number of aromatic nitrogens is 2. The van der Waals surface area contributed by atoms with E-state index in [0.717, 1.165) is 44.8 Å². The lowest BCUT2D eigenvalue weighted by molar-refractivity contribution is 0.151. The molecule has 0 spiro atoms. The normalized spacial score (nSPS) is 13.6. The Bertz CT molecular complexity index is 912. The molecule has 5 heteroatoms. The van der Waals surface area contributed by atoms with Crippen LogP contribution in [0.25, 0.3) is 22.2 Å². The zero-order valence-corrected chi connectivity index (χ0v) is 12.4. The Labute approximate surface area is 127 Å². The topological polar surface area (TPSA) is 67.0 Å². The van der Waals surface area contributed by atoms with Crippen molar-refractivity contribution in [2.75, 3.05) is 5.32 Å². The molecule has 1 aromatic heterocycles. The molecule has 3 aromatic rings. The number of carbonyl (C=O) groups is 1. The first-order valence-corrected chi connectivity index (χ1v) is 7.14. The molecule has 22 heavy (non-hydrogen) atoms. The molecule has 1 amide bonds. The van der Waals surface area contributed by atoms with Crippen molar-refractivity contribution in [2.45, 2.75) is 20.5 Å². The lowest BCUT2D eigenvalue weighted by Gasteiger charge is -2.18. The van der Waals surface area contributed by atoms with Crippen LogP contribution < -0.4 is 5.32 Å². The minimum Gasteiger partial charge on any atom is -0.444 e. The lowest BCUT2D eigenvalue weighted by atomic mass is 9.99. The number of cyclic esters (lactones) is 1. The molecule has 110 valence electrons. The van der Waals surface area contributed by atoms with Crippen molar-refractivity contribution in [1.29, 1.82) is 0 Å². The van der Waals surface area contributed by atoms with Crippen molar-refractivity contribution < 1.29 is 9.53 Å². The number of hydrogen-bond donors (Lipinski definition) is 2. The molecule has 2 heterocycles. The van der Waals surface area contributed by atoms with Gasteiger partial charge in [0.15, 0.2) is 0 Å². The highest BCUT2D eigenvalue weighted by Crippen LogP contribution is 2.30. The Balaban J connectivity index is 1.83. The van der Waals surface area contributed by atoms with Gasteiger partial charge >= 0.3 is 6.09 Å². The van der Waals surface area contributed by atoms with E-state index in [0.29, 0.717) is 6.61 Å². The van der Waals surface area contributed by atoms with Gasteiger partial charge in [-0.25, -0.2) is 9.78 Å². The Morgan fingerprint density at radius 2 is 2.00 bits per heavy atom. The molecule has 1 aliphatic rings. The third kappa shape index (κ3) is 2.02. The summed E-state index contributed by atoms with van der Waals surface area (Å²) in [5.74, 6) is 0.914. The molecule has 5 nitrogen and oxygen atoms in total. The first kappa shape index (κ1) is 12.9. The van der Waals surface area contributed by atoms with Crippen molar-refractivity contribution in [3.05, 3.63) is 47.3 Å². The third-order valence-electron chi connectivity index (χ3n) is 3.93. The summed E-state index contributed by atoms with van der Waals surface area (Å²) in [5, 5.41) is 2.71. The Hall–Kier alpha value is -2.82. The molecular formula is C17H15N3O2. The van der Waals surface area contributed by atoms with Gasteiger partial charge in [0.1, 0.15) is 12.4 Å². The fourth-order valence-electron chi connectivity index (χ4n) is 2.88. The summed E-state index contributed by atoms with van der Waals surface area (Å²) in [6.45, 7) is 4.32. The average Bonchev–Trinajstić information content (AvgIpc) is 2.87. The number of aromatic amines is 1. The summed E-state index contributed by atoms with van der Waals surface area (Å²) in [7, 11) is 0. The molecule has 0 saturated heterocycles. The molecule has 4 rings (SSSR count). The zero-order valence-electron chi connectivity index (χ0n) is 12.4. The molecule has 0 unspecified atom stereocenters. The number of rotatable bonds is 1. The fourth-order valence-corrected chi connectivity index (χ4v) is 2.88. The summed E-state index contributed by atoms with van der Waals surface area (Å²) in [4.78, 5) is 19.0. The predicted octanol–water partition coefficient (Wildman–Crippen LogP) is 3.91. The number of benzene rings is 2. The number of nitrogens with zero attached hydrogens (tertiary/aromatic N) is 1. The van der Waals surface area contributed by atoms with Gasteiger partial charge in [-0.3, -0.25) is 5.32 Å². The van der Waals surface area contributed by atoms with E-state index in [9.17, 15) is 4.79 Å². The minimum absolute atomic E-state index is 0.305. The zero-order chi connectivity index (χ0) is 15.3. The number of ether oxygens (including phenoxy) is 1. The van der Waals surface area contributed by atoms with Gasteiger partial charge in [0.2, 0.25) is 0 Å². The number of hydrogen-bond acceptors (Lipinski definition) is 3. The van der Waals surface area contributed by atoms with Crippen molar-refractivity contribution in [2.24, 2.45) is 0 Å². The Morgan fingerprint density at radius 1 is 1.14 bits per heavy atom. The van der Waals surface area contributed by atoms with Gasteiger partial charge in [-0.05, 0) is 54.8 Å². The second-order valence-electron chi connectivity index (χ2n) is 5.58. The predicted molar refractivity (Wildman–Crippen MR) is 84.8 cm³/mol. The highest BCUT2D eigenvalue weighted by Gasteiger charge is 2.16. The van der Waals surface area contributed by atoms with E-state index in [4.69, 9.17) is 4.74 Å². The number of carbonyl (C=O) groups excluding carboxylic acids is 1. The molecule has 0 fully saturated rings. The van der Waals surface area contributed by atoms with Gasteiger partial charge in [-0.1, -0.05) is 6.07 Å². The summed E-state index contributed by atoms with van der Waals surface area (Å²) in [6.07, 6.45) is -0.398. The summed E-state index contributed by atoms with van der Waals surface area (Å²) in [6, 6.07) is 10.2. The van der Waals surface area contributed by atoms with Crippen LogP contribution in [-0.4, -0.2) is 16.1 Å². The maximum atomic E-state index is 11.2. The van der Waals surface area contributed by atoms with E-state index in [1.807, 2.05) is 19.1 Å². The first-order chi connectivity index (χ1) is 10.6. The molecule has 0 atom stereocenters. The molecular weight excluding hydrogens is 278 g/mol. The molecule has 1 aliphatic heterocycles. The van der Waals surface area contributed by atoms with Crippen LogP contribution in [0.4, 0.5) is 10.5 Å². The minimum atomic E-state index is -0.398. The van der Waals surface area contributed by atoms with Crippen LogP contribution in [0.1, 0.15) is 17.0 Å². The van der Waals surface area contributed by atoms with E-state index in [-0.39, 0.29) is 0 Å². The van der Waals surface area contributed by atoms with Crippen LogP contribution in [0, 0.1) is 13.8 Å². The maximum absolute atomic E-state index is 11.2.